The fourth-order valence-electron chi connectivity index (χ4n) is 2.05. The van der Waals surface area contributed by atoms with Crippen molar-refractivity contribution in [3.8, 4) is 0 Å². The first kappa shape index (κ1) is 14.0. The molecule has 0 aromatic carbocycles. The highest BCUT2D eigenvalue weighted by molar-refractivity contribution is 5.97. The lowest BCUT2D eigenvalue weighted by atomic mass is 9.91. The van der Waals surface area contributed by atoms with E-state index in [0.717, 1.165) is 5.69 Å². The summed E-state index contributed by atoms with van der Waals surface area (Å²) in [6, 6.07) is 5.57. The van der Waals surface area contributed by atoms with E-state index in [2.05, 4.69) is 10.1 Å². The van der Waals surface area contributed by atoms with E-state index in [1.807, 2.05) is 39.0 Å². The summed E-state index contributed by atoms with van der Waals surface area (Å²) >= 11 is 0. The molecule has 106 valence electrons. The Balaban J connectivity index is 2.50. The molecule has 20 heavy (non-hydrogen) atoms. The Morgan fingerprint density at radius 2 is 2.05 bits per heavy atom. The fourth-order valence-corrected chi connectivity index (χ4v) is 2.05. The van der Waals surface area contributed by atoms with Gasteiger partial charge in [-0.15, -0.1) is 0 Å². The molecule has 2 rings (SSSR count). The van der Waals surface area contributed by atoms with Crippen molar-refractivity contribution in [2.24, 2.45) is 5.73 Å². The number of hydrogen-bond acceptors (Lipinski definition) is 4. The Labute approximate surface area is 117 Å². The van der Waals surface area contributed by atoms with Gasteiger partial charge in [-0.1, -0.05) is 26.8 Å². The van der Waals surface area contributed by atoms with E-state index in [-0.39, 0.29) is 11.1 Å². The maximum absolute atomic E-state index is 11.6. The van der Waals surface area contributed by atoms with E-state index in [9.17, 15) is 4.79 Å². The van der Waals surface area contributed by atoms with E-state index < -0.39 is 5.91 Å². The lowest BCUT2D eigenvalue weighted by Crippen LogP contribution is -2.19. The molecule has 2 aromatic rings. The highest BCUT2D eigenvalue weighted by Gasteiger charge is 2.27. The number of pyridine rings is 1. The van der Waals surface area contributed by atoms with E-state index in [4.69, 9.17) is 11.5 Å². The van der Waals surface area contributed by atoms with Gasteiger partial charge in [-0.25, -0.2) is 0 Å². The van der Waals surface area contributed by atoms with Crippen LogP contribution in [0.1, 0.15) is 42.6 Å². The molecule has 4 N–H and O–H groups in total. The van der Waals surface area contributed by atoms with Gasteiger partial charge < -0.3 is 11.5 Å². The summed E-state index contributed by atoms with van der Waals surface area (Å²) in [5.41, 5.74) is 13.2. The first-order chi connectivity index (χ1) is 9.30. The van der Waals surface area contributed by atoms with Crippen molar-refractivity contribution >= 4 is 11.6 Å². The van der Waals surface area contributed by atoms with Gasteiger partial charge in [-0.05, 0) is 12.1 Å². The van der Waals surface area contributed by atoms with Crippen LogP contribution in [-0.2, 0) is 12.0 Å². The van der Waals surface area contributed by atoms with Crippen LogP contribution in [0, 0.1) is 0 Å². The molecule has 0 fully saturated rings. The zero-order chi connectivity index (χ0) is 14.9. The first-order valence-electron chi connectivity index (χ1n) is 6.37. The number of carbonyl (C=O) groups excluding carboxylic acids is 1. The topological polar surface area (TPSA) is 99.8 Å². The van der Waals surface area contributed by atoms with Gasteiger partial charge in [-0.2, -0.15) is 5.10 Å². The minimum Gasteiger partial charge on any atom is -0.395 e. The number of hydrogen-bond donors (Lipinski definition) is 2. The Morgan fingerprint density at radius 1 is 1.35 bits per heavy atom. The molecule has 0 saturated carbocycles. The summed E-state index contributed by atoms with van der Waals surface area (Å²) in [4.78, 5) is 15.9. The van der Waals surface area contributed by atoms with Crippen LogP contribution in [0.2, 0.25) is 0 Å². The van der Waals surface area contributed by atoms with Crippen molar-refractivity contribution < 1.29 is 4.79 Å². The van der Waals surface area contributed by atoms with Gasteiger partial charge in [0.05, 0.1) is 23.6 Å². The average molecular weight is 273 g/mol. The van der Waals surface area contributed by atoms with E-state index in [1.54, 1.807) is 6.20 Å². The number of anilines is 1. The molecule has 2 heterocycles. The molecular weight excluding hydrogens is 254 g/mol. The molecule has 0 bridgehead atoms. The normalized spacial score (nSPS) is 11.6. The monoisotopic (exact) mass is 273 g/mol. The molecular formula is C14H19N5O. The Kier molecular flexibility index (Phi) is 3.48. The van der Waals surface area contributed by atoms with Crippen molar-refractivity contribution in [1.29, 1.82) is 0 Å². The summed E-state index contributed by atoms with van der Waals surface area (Å²) < 4.78 is 1.53. The van der Waals surface area contributed by atoms with Gasteiger partial charge in [0.2, 0.25) is 0 Å². The number of nitrogen functional groups attached to an aromatic ring is 1. The minimum absolute atomic E-state index is 0.237. The molecule has 0 aliphatic rings. The van der Waals surface area contributed by atoms with Crippen molar-refractivity contribution in [1.82, 2.24) is 14.8 Å². The number of nitrogens with two attached hydrogens (primary N) is 2. The van der Waals surface area contributed by atoms with Gasteiger partial charge in [-0.3, -0.25) is 14.5 Å². The Bertz CT molecular complexity index is 625. The first-order valence-corrected chi connectivity index (χ1v) is 6.37. The van der Waals surface area contributed by atoms with Crippen LogP contribution in [-0.4, -0.2) is 20.7 Å². The molecule has 0 unspecified atom stereocenters. The van der Waals surface area contributed by atoms with E-state index in [0.29, 0.717) is 17.9 Å². The SMILES string of the molecule is CC(C)(C)c1nn(Cc2ccccn2)c(C(N)=O)c1N. The van der Waals surface area contributed by atoms with Crippen LogP contribution in [0.25, 0.3) is 0 Å². The molecule has 0 radical (unpaired) electrons. The van der Waals surface area contributed by atoms with Crippen LogP contribution in [0.5, 0.6) is 0 Å². The smallest absolute Gasteiger partial charge is 0.269 e. The quantitative estimate of drug-likeness (QED) is 0.880. The largest absolute Gasteiger partial charge is 0.395 e. The van der Waals surface area contributed by atoms with E-state index >= 15 is 0 Å². The summed E-state index contributed by atoms with van der Waals surface area (Å²) in [7, 11) is 0. The number of rotatable bonds is 3. The molecule has 0 saturated heterocycles. The Morgan fingerprint density at radius 3 is 2.55 bits per heavy atom. The van der Waals surface area contributed by atoms with Gasteiger partial charge in [0.15, 0.2) is 0 Å². The standard InChI is InChI=1S/C14H19N5O/c1-14(2,3)12-10(15)11(13(16)20)19(18-12)8-9-6-4-5-7-17-9/h4-7H,8,15H2,1-3H3,(H2,16,20). The second-order valence-corrected chi connectivity index (χ2v) is 5.70. The molecule has 1 amide bonds. The number of carbonyl (C=O) groups is 1. The number of primary amides is 1. The van der Waals surface area contributed by atoms with Gasteiger partial charge >= 0.3 is 0 Å². The Hall–Kier alpha value is -2.37. The van der Waals surface area contributed by atoms with Crippen LogP contribution in [0.15, 0.2) is 24.4 Å². The molecule has 0 aliphatic carbocycles. The van der Waals surface area contributed by atoms with Crippen LogP contribution < -0.4 is 11.5 Å². The second kappa shape index (κ2) is 4.96. The molecule has 0 atom stereocenters. The molecule has 0 aliphatic heterocycles. The van der Waals surface area contributed by atoms with Crippen molar-refractivity contribution in [3.05, 3.63) is 41.5 Å². The van der Waals surface area contributed by atoms with Crippen molar-refractivity contribution in [2.75, 3.05) is 5.73 Å². The fraction of sp³-hybridized carbons (Fsp3) is 0.357. The number of amides is 1. The maximum Gasteiger partial charge on any atom is 0.269 e. The molecule has 6 nitrogen and oxygen atoms in total. The van der Waals surface area contributed by atoms with Crippen molar-refractivity contribution in [3.63, 3.8) is 0 Å². The third-order valence-corrected chi connectivity index (χ3v) is 2.97. The van der Waals surface area contributed by atoms with Gasteiger partial charge in [0.1, 0.15) is 5.69 Å². The lowest BCUT2D eigenvalue weighted by molar-refractivity contribution is 0.0991. The van der Waals surface area contributed by atoms with Crippen molar-refractivity contribution in [2.45, 2.75) is 32.7 Å². The van der Waals surface area contributed by atoms with Crippen LogP contribution in [0.4, 0.5) is 5.69 Å². The number of aromatic nitrogens is 3. The van der Waals surface area contributed by atoms with Gasteiger partial charge in [0, 0.05) is 11.6 Å². The molecule has 6 heteroatoms. The molecule has 0 spiro atoms. The summed E-state index contributed by atoms with van der Waals surface area (Å²) in [6.07, 6.45) is 1.69. The lowest BCUT2D eigenvalue weighted by Gasteiger charge is -2.15. The molecule has 2 aromatic heterocycles. The highest BCUT2D eigenvalue weighted by Crippen LogP contribution is 2.29. The third kappa shape index (κ3) is 2.64. The predicted molar refractivity (Wildman–Crippen MR) is 77.2 cm³/mol. The predicted octanol–water partition coefficient (Wildman–Crippen LogP) is 1.30. The highest BCUT2D eigenvalue weighted by atomic mass is 16.1. The minimum atomic E-state index is -0.582. The zero-order valence-corrected chi connectivity index (χ0v) is 11.9. The summed E-state index contributed by atoms with van der Waals surface area (Å²) in [5.74, 6) is -0.582. The summed E-state index contributed by atoms with van der Waals surface area (Å²) in [6.45, 7) is 6.32. The zero-order valence-electron chi connectivity index (χ0n) is 11.9. The average Bonchev–Trinajstić information content (AvgIpc) is 2.67. The van der Waals surface area contributed by atoms with Crippen LogP contribution in [0.3, 0.4) is 0 Å². The third-order valence-electron chi connectivity index (χ3n) is 2.97. The van der Waals surface area contributed by atoms with E-state index in [1.165, 1.54) is 4.68 Å². The maximum atomic E-state index is 11.6. The van der Waals surface area contributed by atoms with Crippen LogP contribution >= 0.6 is 0 Å². The van der Waals surface area contributed by atoms with Gasteiger partial charge in [0.25, 0.3) is 5.91 Å². The second-order valence-electron chi connectivity index (χ2n) is 5.70. The summed E-state index contributed by atoms with van der Waals surface area (Å²) in [5, 5.41) is 4.45. The number of nitrogens with zero attached hydrogens (tertiary/aromatic N) is 3.